The summed E-state index contributed by atoms with van der Waals surface area (Å²) in [4.78, 5) is 33.5. The molecular formula is C30H25N3O5S2. The number of ether oxygens (including phenoxy) is 3. The third-order valence-electron chi connectivity index (χ3n) is 6.04. The van der Waals surface area contributed by atoms with Gasteiger partial charge in [-0.25, -0.2) is 9.79 Å². The third kappa shape index (κ3) is 5.34. The normalized spacial score (nSPS) is 14.7. The van der Waals surface area contributed by atoms with E-state index in [9.17, 15) is 9.59 Å². The van der Waals surface area contributed by atoms with Crippen LogP contribution in [-0.4, -0.2) is 30.4 Å². The van der Waals surface area contributed by atoms with Gasteiger partial charge >= 0.3 is 5.97 Å². The predicted octanol–water partition coefficient (Wildman–Crippen LogP) is 4.30. The summed E-state index contributed by atoms with van der Waals surface area (Å²) in [5, 5.41) is 10.8. The first-order chi connectivity index (χ1) is 19.5. The lowest BCUT2D eigenvalue weighted by Crippen LogP contribution is -2.39. The minimum Gasteiger partial charge on any atom is -0.490 e. The van der Waals surface area contributed by atoms with Crippen LogP contribution in [0.1, 0.15) is 35.9 Å². The van der Waals surface area contributed by atoms with Gasteiger partial charge in [-0.1, -0.05) is 53.8 Å². The largest absolute Gasteiger partial charge is 0.490 e. The van der Waals surface area contributed by atoms with E-state index in [4.69, 9.17) is 24.5 Å². The number of fused-ring (bicyclic) bond motifs is 1. The Labute approximate surface area is 238 Å². The molecule has 0 unspecified atom stereocenters. The average molecular weight is 572 g/mol. The van der Waals surface area contributed by atoms with E-state index in [-0.39, 0.29) is 18.8 Å². The molecule has 4 aromatic rings. The minimum absolute atomic E-state index is 0.104. The van der Waals surface area contributed by atoms with Crippen LogP contribution < -0.4 is 24.4 Å². The summed E-state index contributed by atoms with van der Waals surface area (Å²) in [6.45, 7) is 4.11. The van der Waals surface area contributed by atoms with E-state index in [1.807, 2.05) is 60.8 Å². The Morgan fingerprint density at radius 1 is 1.07 bits per heavy atom. The quantitative estimate of drug-likeness (QED) is 0.278. The van der Waals surface area contributed by atoms with E-state index in [2.05, 4.69) is 0 Å². The van der Waals surface area contributed by atoms with Crippen molar-refractivity contribution in [2.24, 2.45) is 4.99 Å². The van der Waals surface area contributed by atoms with Crippen LogP contribution >= 0.6 is 22.7 Å². The number of carbonyl (C=O) groups excluding carboxylic acids is 1. The summed E-state index contributed by atoms with van der Waals surface area (Å²) in [6.07, 6.45) is 1.77. The van der Waals surface area contributed by atoms with Crippen molar-refractivity contribution in [2.75, 3.05) is 19.8 Å². The van der Waals surface area contributed by atoms with Crippen molar-refractivity contribution in [3.8, 4) is 17.6 Å². The number of esters is 1. The molecule has 0 radical (unpaired) electrons. The fourth-order valence-electron chi connectivity index (χ4n) is 4.42. The first kappa shape index (κ1) is 27.1. The van der Waals surface area contributed by atoms with Gasteiger partial charge in [0.25, 0.3) is 5.56 Å². The maximum atomic E-state index is 13.9. The second-order valence-corrected chi connectivity index (χ2v) is 10.5. The number of thiophene rings is 1. The van der Waals surface area contributed by atoms with Crippen LogP contribution in [0.3, 0.4) is 0 Å². The number of benzene rings is 2. The van der Waals surface area contributed by atoms with Crippen molar-refractivity contribution in [3.63, 3.8) is 0 Å². The van der Waals surface area contributed by atoms with Gasteiger partial charge in [0.2, 0.25) is 0 Å². The number of carbonyl (C=O) groups is 1. The van der Waals surface area contributed by atoms with Gasteiger partial charge in [-0.15, -0.1) is 11.3 Å². The smallest absolute Gasteiger partial charge is 0.338 e. The third-order valence-corrected chi connectivity index (χ3v) is 7.95. The average Bonchev–Trinajstić information content (AvgIpc) is 3.61. The van der Waals surface area contributed by atoms with E-state index in [0.29, 0.717) is 38.7 Å². The highest BCUT2D eigenvalue weighted by Crippen LogP contribution is 2.37. The second kappa shape index (κ2) is 12.2. The van der Waals surface area contributed by atoms with Crippen molar-refractivity contribution < 1.29 is 19.0 Å². The molecule has 0 N–H and O–H groups in total. The second-order valence-electron chi connectivity index (χ2n) is 8.53. The molecular weight excluding hydrogens is 546 g/mol. The lowest BCUT2D eigenvalue weighted by molar-refractivity contribution is -0.138. The van der Waals surface area contributed by atoms with E-state index < -0.39 is 12.0 Å². The molecule has 0 saturated carbocycles. The maximum Gasteiger partial charge on any atom is 0.338 e. The molecule has 3 heterocycles. The van der Waals surface area contributed by atoms with Crippen LogP contribution in [0.4, 0.5) is 0 Å². The van der Waals surface area contributed by atoms with Crippen molar-refractivity contribution >= 4 is 40.4 Å². The first-order valence-corrected chi connectivity index (χ1v) is 14.3. The molecule has 2 aromatic heterocycles. The number of hydrogen-bond donors (Lipinski definition) is 0. The zero-order chi connectivity index (χ0) is 28.1. The zero-order valence-electron chi connectivity index (χ0n) is 21.8. The number of nitriles is 1. The van der Waals surface area contributed by atoms with Crippen molar-refractivity contribution in [3.05, 3.63) is 107 Å². The van der Waals surface area contributed by atoms with E-state index in [1.165, 1.54) is 22.7 Å². The number of hydrogen-bond acceptors (Lipinski definition) is 9. The lowest BCUT2D eigenvalue weighted by Gasteiger charge is -2.24. The molecule has 5 rings (SSSR count). The van der Waals surface area contributed by atoms with Crippen LogP contribution in [0.2, 0.25) is 0 Å². The monoisotopic (exact) mass is 571 g/mol. The molecule has 0 amide bonds. The Balaban J connectivity index is 1.72. The topological polar surface area (TPSA) is 103 Å². The highest BCUT2D eigenvalue weighted by molar-refractivity contribution is 7.10. The molecule has 0 spiro atoms. The summed E-state index contributed by atoms with van der Waals surface area (Å²) in [5.41, 5.74) is 2.03. The number of thiazole rings is 1. The van der Waals surface area contributed by atoms with Crippen molar-refractivity contribution in [1.29, 1.82) is 5.26 Å². The minimum atomic E-state index is -0.687. The van der Waals surface area contributed by atoms with Gasteiger partial charge in [-0.2, -0.15) is 5.26 Å². The molecule has 1 atom stereocenters. The molecule has 0 saturated heterocycles. The summed E-state index contributed by atoms with van der Waals surface area (Å²) in [5.74, 6) is 0.421. The van der Waals surface area contributed by atoms with Gasteiger partial charge in [0.15, 0.2) is 22.9 Å². The number of rotatable bonds is 9. The lowest BCUT2D eigenvalue weighted by atomic mass is 9.97. The molecule has 0 bridgehead atoms. The fourth-order valence-corrected chi connectivity index (χ4v) is 6.24. The van der Waals surface area contributed by atoms with Gasteiger partial charge in [0.05, 0.1) is 29.0 Å². The first-order valence-electron chi connectivity index (χ1n) is 12.6. The van der Waals surface area contributed by atoms with Gasteiger partial charge in [-0.05, 0) is 49.1 Å². The molecule has 1 aliphatic rings. The maximum absolute atomic E-state index is 13.9. The van der Waals surface area contributed by atoms with Gasteiger partial charge in [-0.3, -0.25) is 9.36 Å². The molecule has 10 heteroatoms. The molecule has 40 heavy (non-hydrogen) atoms. The van der Waals surface area contributed by atoms with Crippen LogP contribution in [0.5, 0.6) is 11.5 Å². The Kier molecular flexibility index (Phi) is 8.24. The molecule has 0 fully saturated rings. The fraction of sp³-hybridized carbons (Fsp3) is 0.200. The van der Waals surface area contributed by atoms with Gasteiger partial charge in [0.1, 0.15) is 12.1 Å². The van der Waals surface area contributed by atoms with Crippen LogP contribution in [0, 0.1) is 11.3 Å². The van der Waals surface area contributed by atoms with Gasteiger partial charge in [0, 0.05) is 10.4 Å². The molecule has 1 aliphatic heterocycles. The molecule has 202 valence electrons. The number of aromatic nitrogens is 1. The zero-order valence-corrected chi connectivity index (χ0v) is 23.5. The van der Waals surface area contributed by atoms with E-state index >= 15 is 0 Å². The standard InChI is InChI=1S/C30H25N3O5S2/c1-3-36-22-17-19(12-13-21(22)38-15-14-31)18-24-28(34)33-27(23-11-8-16-39-23)25(29(35)37-4-2)26(32-30(33)40-24)20-9-6-5-7-10-20/h5-13,16-18,27H,3-4,15H2,1-2H3/b24-18-/t27-/m1/s1. The highest BCUT2D eigenvalue weighted by atomic mass is 32.1. The molecule has 2 aromatic carbocycles. The Bertz CT molecular complexity index is 1780. The van der Waals surface area contributed by atoms with Crippen molar-refractivity contribution in [1.82, 2.24) is 4.57 Å². The number of nitrogens with zero attached hydrogens (tertiary/aromatic N) is 3. The Morgan fingerprint density at radius 3 is 2.60 bits per heavy atom. The SMILES string of the molecule is CCOC(=O)C1=C(c2ccccc2)N=c2s/c(=C\c3ccc(OCC#N)c(OCC)c3)c(=O)n2[C@@H]1c1cccs1. The Hall–Kier alpha value is -4.46. The van der Waals surface area contributed by atoms with E-state index in [0.717, 1.165) is 16.0 Å². The summed E-state index contributed by atoms with van der Waals surface area (Å²) in [6, 6.07) is 19.8. The summed E-state index contributed by atoms with van der Waals surface area (Å²) >= 11 is 2.72. The van der Waals surface area contributed by atoms with Crippen LogP contribution in [-0.2, 0) is 9.53 Å². The Morgan fingerprint density at radius 2 is 1.90 bits per heavy atom. The summed E-state index contributed by atoms with van der Waals surface area (Å²) in [7, 11) is 0. The van der Waals surface area contributed by atoms with Crippen molar-refractivity contribution in [2.45, 2.75) is 19.9 Å². The van der Waals surface area contributed by atoms with E-state index in [1.54, 1.807) is 35.8 Å². The van der Waals surface area contributed by atoms with Crippen LogP contribution in [0.15, 0.2) is 81.4 Å². The molecule has 8 nitrogen and oxygen atoms in total. The highest BCUT2D eigenvalue weighted by Gasteiger charge is 2.35. The van der Waals surface area contributed by atoms with Gasteiger partial charge < -0.3 is 14.2 Å². The molecule has 0 aliphatic carbocycles. The predicted molar refractivity (Wildman–Crippen MR) is 154 cm³/mol. The van der Waals surface area contributed by atoms with Crippen LogP contribution in [0.25, 0.3) is 11.8 Å². The summed E-state index contributed by atoms with van der Waals surface area (Å²) < 4.78 is 18.7.